The molecule has 5 heteroatoms. The number of hydrogen-bond donors (Lipinski definition) is 0. The first-order valence-corrected chi connectivity index (χ1v) is 6.78. The summed E-state index contributed by atoms with van der Waals surface area (Å²) in [6.07, 6.45) is 1.68. The maximum atomic E-state index is 5.98. The van der Waals surface area contributed by atoms with E-state index in [0.29, 0.717) is 21.1 Å². The number of halogens is 3. The van der Waals surface area contributed by atoms with Crippen molar-refractivity contribution in [2.24, 2.45) is 0 Å². The highest BCUT2D eigenvalue weighted by Gasteiger charge is 2.09. The number of hydrogen-bond acceptors (Lipinski definition) is 2. The second-order valence-corrected chi connectivity index (χ2v) is 5.52. The molecule has 0 saturated heterocycles. The van der Waals surface area contributed by atoms with Crippen LogP contribution in [0.15, 0.2) is 39.5 Å². The lowest BCUT2D eigenvalue weighted by atomic mass is 10.2. The molecule has 0 aliphatic carbocycles. The number of rotatable bonds is 2. The Labute approximate surface area is 121 Å². The minimum Gasteiger partial charge on any atom is -0.453 e. The zero-order chi connectivity index (χ0) is 12.4. The zero-order valence-electron chi connectivity index (χ0n) is 8.88. The van der Waals surface area contributed by atoms with Crippen LogP contribution in [0.2, 0.25) is 5.02 Å². The third-order valence-electron chi connectivity index (χ3n) is 2.05. The normalized spacial score (nSPS) is 10.4. The van der Waals surface area contributed by atoms with Gasteiger partial charge in [0.1, 0.15) is 10.4 Å². The lowest BCUT2D eigenvalue weighted by Gasteiger charge is -2.09. The van der Waals surface area contributed by atoms with Crippen LogP contribution in [0.5, 0.6) is 11.5 Å². The third kappa shape index (κ3) is 3.21. The summed E-state index contributed by atoms with van der Waals surface area (Å²) >= 11 is 12.7. The van der Waals surface area contributed by atoms with Gasteiger partial charge in [-0.15, -0.1) is 0 Å². The predicted molar refractivity (Wildman–Crippen MR) is 75.9 cm³/mol. The molecule has 17 heavy (non-hydrogen) atoms. The van der Waals surface area contributed by atoms with Crippen LogP contribution in [0.1, 0.15) is 5.56 Å². The van der Waals surface area contributed by atoms with Crippen LogP contribution in [-0.4, -0.2) is 4.98 Å². The molecule has 1 aromatic heterocycles. The number of nitrogens with zero attached hydrogens (tertiary/aromatic N) is 1. The quantitative estimate of drug-likeness (QED) is 0.657. The molecule has 0 spiro atoms. The summed E-state index contributed by atoms with van der Waals surface area (Å²) < 4.78 is 7.23. The predicted octanol–water partition coefficient (Wildman–Crippen LogP) is 5.36. The monoisotopic (exact) mass is 375 g/mol. The Morgan fingerprint density at radius 3 is 2.65 bits per heavy atom. The Morgan fingerprint density at radius 1 is 1.24 bits per heavy atom. The molecule has 88 valence electrons. The number of ether oxygens (including phenoxy) is 1. The molecule has 2 rings (SSSR count). The van der Waals surface area contributed by atoms with Crippen molar-refractivity contribution in [3.8, 4) is 11.5 Å². The molecule has 2 nitrogen and oxygen atoms in total. The minimum absolute atomic E-state index is 0.633. The standard InChI is InChI=1S/C12H8Br2ClNO/c1-7-4-8(15)6-9(5-7)17-11-10(13)2-3-16-12(11)14/h2-6H,1H3. The highest BCUT2D eigenvalue weighted by molar-refractivity contribution is 9.11. The van der Waals surface area contributed by atoms with Gasteiger partial charge in [-0.3, -0.25) is 0 Å². The largest absolute Gasteiger partial charge is 0.453 e. The fourth-order valence-electron chi connectivity index (χ4n) is 1.37. The average Bonchev–Trinajstić information content (AvgIpc) is 2.22. The summed E-state index contributed by atoms with van der Waals surface area (Å²) in [6.45, 7) is 1.96. The fourth-order valence-corrected chi connectivity index (χ4v) is 2.72. The smallest absolute Gasteiger partial charge is 0.174 e. The fraction of sp³-hybridized carbons (Fsp3) is 0.0833. The van der Waals surface area contributed by atoms with Crippen LogP contribution in [0, 0.1) is 6.92 Å². The Bertz CT molecular complexity index is 520. The number of pyridine rings is 1. The van der Waals surface area contributed by atoms with E-state index in [1.165, 1.54) is 0 Å². The molecule has 1 heterocycles. The average molecular weight is 377 g/mol. The van der Waals surface area contributed by atoms with Crippen LogP contribution in [-0.2, 0) is 0 Å². The highest BCUT2D eigenvalue weighted by atomic mass is 79.9. The van der Waals surface area contributed by atoms with E-state index in [4.69, 9.17) is 16.3 Å². The van der Waals surface area contributed by atoms with Gasteiger partial charge in [0.15, 0.2) is 5.75 Å². The van der Waals surface area contributed by atoms with Crippen LogP contribution >= 0.6 is 43.5 Å². The molecule has 1 aromatic carbocycles. The molecular formula is C12H8Br2ClNO. The van der Waals surface area contributed by atoms with E-state index in [1.807, 2.05) is 25.1 Å². The first-order chi connectivity index (χ1) is 8.06. The van der Waals surface area contributed by atoms with Crippen molar-refractivity contribution in [1.82, 2.24) is 4.98 Å². The van der Waals surface area contributed by atoms with Crippen molar-refractivity contribution in [2.45, 2.75) is 6.92 Å². The van der Waals surface area contributed by atoms with Crippen molar-refractivity contribution in [3.05, 3.63) is 50.1 Å². The van der Waals surface area contributed by atoms with Gasteiger partial charge in [0.25, 0.3) is 0 Å². The van der Waals surface area contributed by atoms with Crippen molar-refractivity contribution in [3.63, 3.8) is 0 Å². The summed E-state index contributed by atoms with van der Waals surface area (Å²) in [5.41, 5.74) is 1.05. The summed E-state index contributed by atoms with van der Waals surface area (Å²) in [6, 6.07) is 7.37. The second-order valence-electron chi connectivity index (χ2n) is 3.48. The molecular weight excluding hydrogens is 369 g/mol. The van der Waals surface area contributed by atoms with Crippen molar-refractivity contribution in [2.75, 3.05) is 0 Å². The van der Waals surface area contributed by atoms with Gasteiger partial charge in [-0.1, -0.05) is 11.6 Å². The van der Waals surface area contributed by atoms with Gasteiger partial charge in [-0.2, -0.15) is 0 Å². The molecule has 0 aliphatic rings. The molecule has 0 saturated carbocycles. The second kappa shape index (κ2) is 5.38. The van der Waals surface area contributed by atoms with E-state index in [9.17, 15) is 0 Å². The number of aromatic nitrogens is 1. The van der Waals surface area contributed by atoms with Gasteiger partial charge in [0.05, 0.1) is 4.47 Å². The van der Waals surface area contributed by atoms with Gasteiger partial charge in [-0.05, 0) is 68.6 Å². The molecule has 0 N–H and O–H groups in total. The van der Waals surface area contributed by atoms with Gasteiger partial charge < -0.3 is 4.74 Å². The third-order valence-corrected chi connectivity index (χ3v) is 3.46. The lowest BCUT2D eigenvalue weighted by Crippen LogP contribution is -1.89. The SMILES string of the molecule is Cc1cc(Cl)cc(Oc2c(Br)ccnc2Br)c1. The van der Waals surface area contributed by atoms with E-state index in [1.54, 1.807) is 12.3 Å². The summed E-state index contributed by atoms with van der Waals surface area (Å²) in [4.78, 5) is 4.11. The Hall–Kier alpha value is -0.580. The van der Waals surface area contributed by atoms with E-state index < -0.39 is 0 Å². The molecule has 0 amide bonds. The first-order valence-electron chi connectivity index (χ1n) is 4.81. The van der Waals surface area contributed by atoms with Crippen molar-refractivity contribution in [1.29, 1.82) is 0 Å². The number of benzene rings is 1. The van der Waals surface area contributed by atoms with Gasteiger partial charge in [0.2, 0.25) is 0 Å². The van der Waals surface area contributed by atoms with Gasteiger partial charge in [0, 0.05) is 11.2 Å². The summed E-state index contributed by atoms with van der Waals surface area (Å²) in [7, 11) is 0. The summed E-state index contributed by atoms with van der Waals surface area (Å²) in [5, 5.41) is 0.649. The molecule has 0 fully saturated rings. The lowest BCUT2D eigenvalue weighted by molar-refractivity contribution is 0.473. The van der Waals surface area contributed by atoms with Crippen LogP contribution in [0.3, 0.4) is 0 Å². The summed E-state index contributed by atoms with van der Waals surface area (Å²) in [5.74, 6) is 1.32. The maximum absolute atomic E-state index is 5.98. The highest BCUT2D eigenvalue weighted by Crippen LogP contribution is 2.35. The van der Waals surface area contributed by atoms with Crippen molar-refractivity contribution < 1.29 is 4.74 Å². The van der Waals surface area contributed by atoms with E-state index >= 15 is 0 Å². The van der Waals surface area contributed by atoms with Crippen molar-refractivity contribution >= 4 is 43.5 Å². The van der Waals surface area contributed by atoms with Gasteiger partial charge in [-0.25, -0.2) is 4.98 Å². The molecule has 0 unspecified atom stereocenters. The van der Waals surface area contributed by atoms with E-state index in [-0.39, 0.29) is 0 Å². The minimum atomic E-state index is 0.633. The van der Waals surface area contributed by atoms with Gasteiger partial charge >= 0.3 is 0 Å². The maximum Gasteiger partial charge on any atom is 0.174 e. The van der Waals surface area contributed by atoms with Crippen LogP contribution in [0.4, 0.5) is 0 Å². The topological polar surface area (TPSA) is 22.1 Å². The Kier molecular flexibility index (Phi) is 4.07. The molecule has 0 atom stereocenters. The molecule has 2 aromatic rings. The first kappa shape index (κ1) is 12.9. The van der Waals surface area contributed by atoms with Crippen LogP contribution in [0.25, 0.3) is 0 Å². The number of aryl methyl sites for hydroxylation is 1. The van der Waals surface area contributed by atoms with E-state index in [0.717, 1.165) is 10.0 Å². The molecule has 0 bridgehead atoms. The Morgan fingerprint density at radius 2 is 2.00 bits per heavy atom. The molecule has 0 radical (unpaired) electrons. The van der Waals surface area contributed by atoms with E-state index in [2.05, 4.69) is 36.8 Å². The van der Waals surface area contributed by atoms with Crippen LogP contribution < -0.4 is 4.74 Å². The molecule has 0 aliphatic heterocycles. The Balaban J connectivity index is 2.38. The zero-order valence-corrected chi connectivity index (χ0v) is 12.8.